The van der Waals surface area contributed by atoms with Gasteiger partial charge in [0.2, 0.25) is 5.91 Å². The number of nitrogens with one attached hydrogen (secondary N) is 1. The number of amides is 2. The van der Waals surface area contributed by atoms with Gasteiger partial charge in [-0.1, -0.05) is 42.0 Å². The summed E-state index contributed by atoms with van der Waals surface area (Å²) in [5.41, 5.74) is 6.97. The Kier molecular flexibility index (Phi) is 5.49. The largest absolute Gasteiger partial charge is 0.338 e. The Morgan fingerprint density at radius 3 is 2.65 bits per heavy atom. The van der Waals surface area contributed by atoms with Crippen LogP contribution in [0.2, 0.25) is 0 Å². The Bertz CT molecular complexity index is 841. The van der Waals surface area contributed by atoms with Gasteiger partial charge in [0, 0.05) is 19.2 Å². The molecule has 0 saturated carbocycles. The minimum absolute atomic E-state index is 0.125. The fourth-order valence-electron chi connectivity index (χ4n) is 3.10. The lowest BCUT2D eigenvalue weighted by Crippen LogP contribution is -2.36. The van der Waals surface area contributed by atoms with E-state index in [1.165, 1.54) is 17.2 Å². The van der Waals surface area contributed by atoms with Crippen LogP contribution in [0.25, 0.3) is 6.08 Å². The molecule has 26 heavy (non-hydrogen) atoms. The van der Waals surface area contributed by atoms with Crippen molar-refractivity contribution in [1.29, 1.82) is 0 Å². The second kappa shape index (κ2) is 7.97. The quantitative estimate of drug-likeness (QED) is 0.506. The van der Waals surface area contributed by atoms with Crippen molar-refractivity contribution in [2.45, 2.75) is 26.3 Å². The van der Waals surface area contributed by atoms with E-state index in [1.807, 2.05) is 54.3 Å². The maximum absolute atomic E-state index is 12.6. The zero-order valence-electron chi connectivity index (χ0n) is 14.7. The number of hydrogen-bond donors (Lipinski definition) is 2. The number of rotatable bonds is 4. The topological polar surface area (TPSA) is 69.6 Å². The van der Waals surface area contributed by atoms with Gasteiger partial charge in [-0.15, -0.1) is 0 Å². The minimum atomic E-state index is -0.572. The van der Waals surface area contributed by atoms with Gasteiger partial charge in [0.05, 0.1) is 6.42 Å². The van der Waals surface area contributed by atoms with Gasteiger partial charge in [-0.25, -0.2) is 5.48 Å². The number of carbonyl (C=O) groups excluding carboxylic acids is 2. The first kappa shape index (κ1) is 17.9. The molecule has 2 amide bonds. The first-order chi connectivity index (χ1) is 12.5. The predicted molar refractivity (Wildman–Crippen MR) is 99.4 cm³/mol. The molecule has 0 bridgehead atoms. The van der Waals surface area contributed by atoms with Crippen molar-refractivity contribution in [3.05, 3.63) is 76.4 Å². The van der Waals surface area contributed by atoms with Crippen LogP contribution in [0, 0.1) is 6.92 Å². The number of hydroxylamine groups is 1. The van der Waals surface area contributed by atoms with E-state index in [-0.39, 0.29) is 5.91 Å². The summed E-state index contributed by atoms with van der Waals surface area (Å²) in [5, 5.41) is 8.54. The Morgan fingerprint density at radius 1 is 1.15 bits per heavy atom. The van der Waals surface area contributed by atoms with Gasteiger partial charge in [0.25, 0.3) is 5.91 Å². The smallest absolute Gasteiger partial charge is 0.267 e. The molecule has 0 aromatic heterocycles. The number of hydrogen-bond acceptors (Lipinski definition) is 3. The molecule has 0 aliphatic carbocycles. The third-order valence-electron chi connectivity index (χ3n) is 4.61. The van der Waals surface area contributed by atoms with Crippen LogP contribution in [0.1, 0.15) is 27.8 Å². The first-order valence-corrected chi connectivity index (χ1v) is 8.62. The van der Waals surface area contributed by atoms with E-state index in [9.17, 15) is 9.59 Å². The van der Waals surface area contributed by atoms with Crippen LogP contribution in [0.5, 0.6) is 0 Å². The number of carbonyl (C=O) groups is 2. The van der Waals surface area contributed by atoms with E-state index in [4.69, 9.17) is 5.21 Å². The lowest BCUT2D eigenvalue weighted by Gasteiger charge is -2.29. The molecule has 2 N–H and O–H groups in total. The molecule has 0 saturated heterocycles. The molecule has 5 heteroatoms. The molecule has 134 valence electrons. The monoisotopic (exact) mass is 350 g/mol. The summed E-state index contributed by atoms with van der Waals surface area (Å²) >= 11 is 0. The minimum Gasteiger partial charge on any atom is -0.338 e. The van der Waals surface area contributed by atoms with E-state index in [1.54, 1.807) is 11.6 Å². The molecule has 0 unspecified atom stereocenters. The molecule has 0 fully saturated rings. The second-order valence-corrected chi connectivity index (χ2v) is 6.57. The molecule has 2 aromatic rings. The summed E-state index contributed by atoms with van der Waals surface area (Å²) in [7, 11) is 0. The predicted octanol–water partition coefficient (Wildman–Crippen LogP) is 2.64. The van der Waals surface area contributed by atoms with Crippen molar-refractivity contribution in [3.63, 3.8) is 0 Å². The summed E-state index contributed by atoms with van der Waals surface area (Å²) in [6.07, 6.45) is 4.14. The molecular formula is C21H22N2O3. The van der Waals surface area contributed by atoms with Crippen molar-refractivity contribution in [2.75, 3.05) is 6.54 Å². The molecule has 1 aliphatic heterocycles. The fraction of sp³-hybridized carbons (Fsp3) is 0.238. The van der Waals surface area contributed by atoms with Gasteiger partial charge in [0.1, 0.15) is 0 Å². The normalized spacial score (nSPS) is 13.5. The van der Waals surface area contributed by atoms with Crippen molar-refractivity contribution >= 4 is 17.9 Å². The van der Waals surface area contributed by atoms with Gasteiger partial charge < -0.3 is 4.90 Å². The number of aryl methyl sites for hydroxylation is 1. The Balaban J connectivity index is 1.69. The zero-order chi connectivity index (χ0) is 18.5. The lowest BCUT2D eigenvalue weighted by molar-refractivity contribution is -0.131. The summed E-state index contributed by atoms with van der Waals surface area (Å²) < 4.78 is 0. The molecule has 5 nitrogen and oxygen atoms in total. The van der Waals surface area contributed by atoms with Crippen molar-refractivity contribution in [2.24, 2.45) is 0 Å². The molecule has 1 heterocycles. The molecule has 1 aliphatic rings. The highest BCUT2D eigenvalue weighted by molar-refractivity contribution is 5.90. The summed E-state index contributed by atoms with van der Waals surface area (Å²) in [5.74, 6) is -0.447. The average molecular weight is 350 g/mol. The van der Waals surface area contributed by atoms with E-state index in [0.717, 1.165) is 29.7 Å². The summed E-state index contributed by atoms with van der Waals surface area (Å²) in [4.78, 5) is 25.6. The van der Waals surface area contributed by atoms with Crippen LogP contribution in [0.15, 0.2) is 48.5 Å². The van der Waals surface area contributed by atoms with Crippen LogP contribution >= 0.6 is 0 Å². The summed E-state index contributed by atoms with van der Waals surface area (Å²) in [6.45, 7) is 3.33. The van der Waals surface area contributed by atoms with Crippen LogP contribution in [0.4, 0.5) is 0 Å². The van der Waals surface area contributed by atoms with E-state index < -0.39 is 5.91 Å². The molecule has 0 radical (unpaired) electrons. The third-order valence-corrected chi connectivity index (χ3v) is 4.61. The molecule has 0 spiro atoms. The van der Waals surface area contributed by atoms with Crippen molar-refractivity contribution in [3.8, 4) is 0 Å². The Labute approximate surface area is 152 Å². The van der Waals surface area contributed by atoms with Gasteiger partial charge in [-0.2, -0.15) is 0 Å². The standard InChI is InChI=1S/C21H22N2O3/c1-15-2-4-17(5-3-15)13-21(25)23-11-10-18-8-6-16(12-19(18)14-23)7-9-20(24)22-26/h2-9,12,26H,10-11,13-14H2,1H3,(H,22,24)/b9-7+. The molecule has 2 aromatic carbocycles. The maximum Gasteiger partial charge on any atom is 0.267 e. The third kappa shape index (κ3) is 4.37. The Morgan fingerprint density at radius 2 is 1.92 bits per heavy atom. The average Bonchev–Trinajstić information content (AvgIpc) is 2.67. The van der Waals surface area contributed by atoms with Crippen LogP contribution in [-0.2, 0) is 29.0 Å². The highest BCUT2D eigenvalue weighted by Crippen LogP contribution is 2.22. The maximum atomic E-state index is 12.6. The van der Waals surface area contributed by atoms with E-state index in [0.29, 0.717) is 13.0 Å². The van der Waals surface area contributed by atoms with Crippen molar-refractivity contribution in [1.82, 2.24) is 10.4 Å². The fourth-order valence-corrected chi connectivity index (χ4v) is 3.10. The van der Waals surface area contributed by atoms with Crippen molar-refractivity contribution < 1.29 is 14.8 Å². The van der Waals surface area contributed by atoms with Gasteiger partial charge in [-0.3, -0.25) is 14.8 Å². The molecular weight excluding hydrogens is 328 g/mol. The van der Waals surface area contributed by atoms with Crippen LogP contribution < -0.4 is 5.48 Å². The van der Waals surface area contributed by atoms with Crippen LogP contribution in [-0.4, -0.2) is 28.5 Å². The molecule has 3 rings (SSSR count). The highest BCUT2D eigenvalue weighted by atomic mass is 16.5. The van der Waals surface area contributed by atoms with E-state index >= 15 is 0 Å². The zero-order valence-corrected chi connectivity index (χ0v) is 14.7. The van der Waals surface area contributed by atoms with Gasteiger partial charge >= 0.3 is 0 Å². The highest BCUT2D eigenvalue weighted by Gasteiger charge is 2.20. The number of benzene rings is 2. The molecule has 0 atom stereocenters. The second-order valence-electron chi connectivity index (χ2n) is 6.57. The van der Waals surface area contributed by atoms with Gasteiger partial charge in [0.15, 0.2) is 0 Å². The SMILES string of the molecule is Cc1ccc(CC(=O)N2CCc3ccc(/C=C/C(=O)NO)cc3C2)cc1. The number of fused-ring (bicyclic) bond motifs is 1. The van der Waals surface area contributed by atoms with Gasteiger partial charge in [-0.05, 0) is 47.7 Å². The number of nitrogens with zero attached hydrogens (tertiary/aromatic N) is 1. The summed E-state index contributed by atoms with van der Waals surface area (Å²) in [6, 6.07) is 14.0. The van der Waals surface area contributed by atoms with E-state index in [2.05, 4.69) is 0 Å². The lowest BCUT2D eigenvalue weighted by atomic mass is 9.96. The van der Waals surface area contributed by atoms with Crippen LogP contribution in [0.3, 0.4) is 0 Å². The Hall–Kier alpha value is -2.92. The first-order valence-electron chi connectivity index (χ1n) is 8.62.